The number of halogens is 1. The molecular formula is C15H16ClN3O2S. The molecule has 2 aromatic rings. The third-order valence-electron chi connectivity index (χ3n) is 2.95. The second-order valence-corrected chi connectivity index (χ2v) is 6.60. The first-order valence-electron chi connectivity index (χ1n) is 6.50. The number of aryl methyl sites for hydroxylation is 1. The number of hydrogen-bond acceptors (Lipinski definition) is 3. The van der Waals surface area contributed by atoms with Gasteiger partial charge in [0, 0.05) is 0 Å². The molecule has 0 amide bonds. The van der Waals surface area contributed by atoms with Crippen molar-refractivity contribution in [3.63, 3.8) is 0 Å². The first-order valence-corrected chi connectivity index (χ1v) is 8.51. The first kappa shape index (κ1) is 16.3. The van der Waals surface area contributed by atoms with E-state index in [0.29, 0.717) is 11.4 Å². The van der Waals surface area contributed by atoms with E-state index in [2.05, 4.69) is 9.71 Å². The van der Waals surface area contributed by atoms with E-state index in [4.69, 9.17) is 17.3 Å². The van der Waals surface area contributed by atoms with Gasteiger partial charge in [-0.15, -0.1) is 11.6 Å². The van der Waals surface area contributed by atoms with Crippen LogP contribution in [0.2, 0.25) is 0 Å². The van der Waals surface area contributed by atoms with Crippen LogP contribution in [0.15, 0.2) is 58.4 Å². The van der Waals surface area contributed by atoms with Crippen molar-refractivity contribution in [2.24, 2.45) is 10.7 Å². The molecule has 0 unspecified atom stereocenters. The molecule has 0 radical (unpaired) electrons. The van der Waals surface area contributed by atoms with Gasteiger partial charge in [0.2, 0.25) is 0 Å². The molecule has 116 valence electrons. The minimum atomic E-state index is -3.64. The number of rotatable bonds is 5. The number of hydrogen-bond donors (Lipinski definition) is 2. The van der Waals surface area contributed by atoms with E-state index in [1.807, 2.05) is 19.1 Å². The highest BCUT2D eigenvalue weighted by molar-refractivity contribution is 7.92. The van der Waals surface area contributed by atoms with Crippen molar-refractivity contribution in [2.75, 3.05) is 10.6 Å². The van der Waals surface area contributed by atoms with Crippen molar-refractivity contribution < 1.29 is 8.42 Å². The molecule has 0 atom stereocenters. The normalized spacial score (nSPS) is 12.2. The Bertz CT molecular complexity index is 787. The molecule has 2 rings (SSSR count). The lowest BCUT2D eigenvalue weighted by Crippen LogP contribution is -2.13. The zero-order valence-corrected chi connectivity index (χ0v) is 13.5. The second-order valence-electron chi connectivity index (χ2n) is 4.65. The highest BCUT2D eigenvalue weighted by Crippen LogP contribution is 2.21. The Balaban J connectivity index is 2.25. The van der Waals surface area contributed by atoms with Crippen molar-refractivity contribution >= 4 is 38.8 Å². The quantitative estimate of drug-likeness (QED) is 0.499. The third kappa shape index (κ3) is 3.99. The number of nitrogens with zero attached hydrogens (tertiary/aromatic N) is 1. The number of sulfonamides is 1. The zero-order chi connectivity index (χ0) is 16.2. The van der Waals surface area contributed by atoms with E-state index in [0.717, 1.165) is 5.56 Å². The van der Waals surface area contributed by atoms with Crippen LogP contribution in [0, 0.1) is 6.92 Å². The van der Waals surface area contributed by atoms with Crippen LogP contribution in [0.5, 0.6) is 0 Å². The molecule has 0 saturated heterocycles. The minimum absolute atomic E-state index is 0.120. The van der Waals surface area contributed by atoms with Crippen LogP contribution in [0.25, 0.3) is 0 Å². The summed E-state index contributed by atoms with van der Waals surface area (Å²) in [6, 6.07) is 13.3. The Hall–Kier alpha value is -2.05. The zero-order valence-electron chi connectivity index (χ0n) is 12.0. The summed E-state index contributed by atoms with van der Waals surface area (Å²) in [4.78, 5) is 4.20. The molecule has 0 fully saturated rings. The Morgan fingerprint density at radius 1 is 1.18 bits per heavy atom. The summed E-state index contributed by atoms with van der Waals surface area (Å²) in [5.74, 6) is 0.393. The molecule has 0 aliphatic rings. The Kier molecular flexibility index (Phi) is 5.05. The van der Waals surface area contributed by atoms with Crippen molar-refractivity contribution in [1.82, 2.24) is 0 Å². The van der Waals surface area contributed by atoms with Crippen LogP contribution < -0.4 is 10.5 Å². The summed E-state index contributed by atoms with van der Waals surface area (Å²) >= 11 is 5.55. The van der Waals surface area contributed by atoms with Crippen molar-refractivity contribution in [3.05, 3.63) is 54.1 Å². The van der Waals surface area contributed by atoms with Gasteiger partial charge in [-0.3, -0.25) is 4.72 Å². The summed E-state index contributed by atoms with van der Waals surface area (Å²) in [7, 11) is -3.64. The number of anilines is 1. The highest BCUT2D eigenvalue weighted by Gasteiger charge is 2.14. The van der Waals surface area contributed by atoms with Crippen LogP contribution in [0.1, 0.15) is 5.56 Å². The lowest BCUT2D eigenvalue weighted by atomic mass is 10.2. The lowest BCUT2D eigenvalue weighted by molar-refractivity contribution is 0.601. The summed E-state index contributed by atoms with van der Waals surface area (Å²) in [5.41, 5.74) is 7.49. The smallest absolute Gasteiger partial charge is 0.261 e. The van der Waals surface area contributed by atoms with Crippen molar-refractivity contribution in [1.29, 1.82) is 0 Å². The van der Waals surface area contributed by atoms with Gasteiger partial charge in [-0.25, -0.2) is 13.4 Å². The molecule has 5 nitrogen and oxygen atoms in total. The van der Waals surface area contributed by atoms with Gasteiger partial charge in [-0.2, -0.15) is 0 Å². The van der Waals surface area contributed by atoms with Gasteiger partial charge >= 0.3 is 0 Å². The fourth-order valence-corrected chi connectivity index (χ4v) is 2.98. The predicted molar refractivity (Wildman–Crippen MR) is 90.4 cm³/mol. The van der Waals surface area contributed by atoms with E-state index < -0.39 is 10.0 Å². The van der Waals surface area contributed by atoms with Crippen LogP contribution >= 0.6 is 11.6 Å². The molecule has 2 aromatic carbocycles. The van der Waals surface area contributed by atoms with Gasteiger partial charge in [0.05, 0.1) is 22.2 Å². The fourth-order valence-electron chi connectivity index (χ4n) is 1.79. The van der Waals surface area contributed by atoms with Crippen molar-refractivity contribution in [3.8, 4) is 0 Å². The standard InChI is InChI=1S/C15H16ClN3O2S/c1-11-4-2-3-5-14(11)19-22(20,21)13-8-6-12(7-9-13)18-15(17)10-16/h2-9,19H,10H2,1H3,(H2,17,18). The summed E-state index contributed by atoms with van der Waals surface area (Å²) < 4.78 is 27.3. The maximum Gasteiger partial charge on any atom is 0.261 e. The largest absolute Gasteiger partial charge is 0.386 e. The van der Waals surface area contributed by atoms with Crippen LogP contribution in [0.3, 0.4) is 0 Å². The topological polar surface area (TPSA) is 84.5 Å². The molecular weight excluding hydrogens is 322 g/mol. The van der Waals surface area contributed by atoms with E-state index in [-0.39, 0.29) is 16.6 Å². The highest BCUT2D eigenvalue weighted by atomic mass is 35.5. The molecule has 22 heavy (non-hydrogen) atoms. The molecule has 7 heteroatoms. The lowest BCUT2D eigenvalue weighted by Gasteiger charge is -2.10. The van der Waals surface area contributed by atoms with Crippen LogP contribution in [-0.4, -0.2) is 20.1 Å². The molecule has 0 heterocycles. The summed E-state index contributed by atoms with van der Waals surface area (Å²) in [6.45, 7) is 1.84. The number of aliphatic imine (C=N–C) groups is 1. The van der Waals surface area contributed by atoms with Gasteiger partial charge in [-0.05, 0) is 42.8 Å². The first-order chi connectivity index (χ1) is 10.4. The molecule has 3 N–H and O–H groups in total. The number of nitrogens with one attached hydrogen (secondary N) is 1. The number of para-hydroxylation sites is 1. The maximum atomic E-state index is 12.4. The van der Waals surface area contributed by atoms with Gasteiger partial charge in [0.15, 0.2) is 0 Å². The van der Waals surface area contributed by atoms with Crippen LogP contribution in [0.4, 0.5) is 11.4 Å². The SMILES string of the molecule is Cc1ccccc1NS(=O)(=O)c1ccc(N=C(N)CCl)cc1. The average molecular weight is 338 g/mol. The maximum absolute atomic E-state index is 12.4. The molecule has 0 saturated carbocycles. The Morgan fingerprint density at radius 3 is 2.41 bits per heavy atom. The van der Waals surface area contributed by atoms with E-state index in [1.54, 1.807) is 24.3 Å². The third-order valence-corrected chi connectivity index (χ3v) is 4.60. The molecule has 0 aliphatic heterocycles. The average Bonchev–Trinajstić information content (AvgIpc) is 2.50. The van der Waals surface area contributed by atoms with Crippen LogP contribution in [-0.2, 0) is 10.0 Å². The molecule has 0 aromatic heterocycles. The minimum Gasteiger partial charge on any atom is -0.386 e. The van der Waals surface area contributed by atoms with E-state index in [9.17, 15) is 8.42 Å². The van der Waals surface area contributed by atoms with Gasteiger partial charge < -0.3 is 5.73 Å². The van der Waals surface area contributed by atoms with Gasteiger partial charge in [0.1, 0.15) is 5.84 Å². The number of nitrogens with two attached hydrogens (primary N) is 1. The second kappa shape index (κ2) is 6.81. The monoisotopic (exact) mass is 337 g/mol. The number of benzene rings is 2. The summed E-state index contributed by atoms with van der Waals surface area (Å²) in [6.07, 6.45) is 0. The molecule has 0 spiro atoms. The van der Waals surface area contributed by atoms with Crippen molar-refractivity contribution in [2.45, 2.75) is 11.8 Å². The van der Waals surface area contributed by atoms with E-state index >= 15 is 0 Å². The number of amidine groups is 1. The Labute approximate surface area is 134 Å². The van der Waals surface area contributed by atoms with Gasteiger partial charge in [-0.1, -0.05) is 18.2 Å². The Morgan fingerprint density at radius 2 is 1.82 bits per heavy atom. The fraction of sp³-hybridized carbons (Fsp3) is 0.133. The predicted octanol–water partition coefficient (Wildman–Crippen LogP) is 3.02. The van der Waals surface area contributed by atoms with E-state index in [1.165, 1.54) is 12.1 Å². The molecule has 0 aliphatic carbocycles. The molecule has 0 bridgehead atoms. The summed E-state index contributed by atoms with van der Waals surface area (Å²) in [5, 5.41) is 0. The van der Waals surface area contributed by atoms with Gasteiger partial charge in [0.25, 0.3) is 10.0 Å². The number of alkyl halides is 1.